The summed E-state index contributed by atoms with van der Waals surface area (Å²) in [6.45, 7) is 0. The molecule has 3 heteroatoms. The lowest BCUT2D eigenvalue weighted by Gasteiger charge is -2.23. The van der Waals surface area contributed by atoms with Crippen molar-refractivity contribution in [3.8, 4) is 0 Å². The minimum atomic E-state index is -0.333. The fourth-order valence-electron chi connectivity index (χ4n) is 2.09. The molecule has 3 atom stereocenters. The summed E-state index contributed by atoms with van der Waals surface area (Å²) in [5.41, 5.74) is 5.66. The second kappa shape index (κ2) is 2.48. The monoisotopic (exact) mass is 155 g/mol. The minimum absolute atomic E-state index is 0.145. The van der Waals surface area contributed by atoms with E-state index >= 15 is 0 Å². The quantitative estimate of drug-likeness (QED) is 0.516. The molecule has 1 aliphatic carbocycles. The first kappa shape index (κ1) is 7.10. The van der Waals surface area contributed by atoms with Crippen LogP contribution in [0.15, 0.2) is 0 Å². The Balaban J connectivity index is 2.11. The first-order valence-electron chi connectivity index (χ1n) is 4.25. The van der Waals surface area contributed by atoms with Gasteiger partial charge in [0.15, 0.2) is 0 Å². The predicted octanol–water partition coefficient (Wildman–Crippen LogP) is 0.429. The van der Waals surface area contributed by atoms with E-state index in [2.05, 4.69) is 0 Å². The summed E-state index contributed by atoms with van der Waals surface area (Å²) in [4.78, 5) is 11.0. The fraction of sp³-hybridized carbons (Fsp3) is 0.875. The van der Waals surface area contributed by atoms with Gasteiger partial charge >= 0.3 is 5.97 Å². The van der Waals surface area contributed by atoms with Gasteiger partial charge in [0, 0.05) is 5.92 Å². The number of carbonyl (C=O) groups excluding carboxylic acids is 1. The highest BCUT2D eigenvalue weighted by molar-refractivity contribution is 5.78. The Hall–Kier alpha value is -0.570. The van der Waals surface area contributed by atoms with Gasteiger partial charge < -0.3 is 10.5 Å². The number of carbonyl (C=O) groups is 1. The molecular formula is C8H13NO2. The molecule has 1 aliphatic heterocycles. The normalized spacial score (nSPS) is 43.4. The molecule has 0 aromatic heterocycles. The maximum absolute atomic E-state index is 11.0. The van der Waals surface area contributed by atoms with Gasteiger partial charge in [-0.3, -0.25) is 4.79 Å². The van der Waals surface area contributed by atoms with Gasteiger partial charge in [0.1, 0.15) is 12.1 Å². The third-order valence-corrected chi connectivity index (χ3v) is 2.75. The van der Waals surface area contributed by atoms with Crippen LogP contribution in [-0.2, 0) is 9.53 Å². The summed E-state index contributed by atoms with van der Waals surface area (Å²) in [6, 6.07) is -0.333. The van der Waals surface area contributed by atoms with Crippen molar-refractivity contribution in [1.82, 2.24) is 0 Å². The third-order valence-electron chi connectivity index (χ3n) is 2.75. The molecule has 0 bridgehead atoms. The molecule has 1 saturated heterocycles. The Kier molecular flexibility index (Phi) is 1.60. The van der Waals surface area contributed by atoms with Gasteiger partial charge in [0.25, 0.3) is 0 Å². The number of rotatable bonds is 0. The van der Waals surface area contributed by atoms with Crippen LogP contribution in [0, 0.1) is 5.92 Å². The van der Waals surface area contributed by atoms with E-state index in [-0.39, 0.29) is 18.1 Å². The summed E-state index contributed by atoms with van der Waals surface area (Å²) in [5.74, 6) is 0.123. The summed E-state index contributed by atoms with van der Waals surface area (Å²) in [5, 5.41) is 0. The van der Waals surface area contributed by atoms with E-state index in [1.165, 1.54) is 12.8 Å². The average molecular weight is 155 g/mol. The SMILES string of the molecule is N[C@H]1C(=O)O[C@@H]2CCCC[C@H]21. The van der Waals surface area contributed by atoms with Crippen molar-refractivity contribution in [1.29, 1.82) is 0 Å². The van der Waals surface area contributed by atoms with Crippen molar-refractivity contribution in [2.24, 2.45) is 11.7 Å². The Morgan fingerprint density at radius 2 is 2.09 bits per heavy atom. The first-order valence-corrected chi connectivity index (χ1v) is 4.25. The highest BCUT2D eigenvalue weighted by Gasteiger charge is 2.43. The highest BCUT2D eigenvalue weighted by atomic mass is 16.6. The van der Waals surface area contributed by atoms with E-state index in [1.54, 1.807) is 0 Å². The van der Waals surface area contributed by atoms with Gasteiger partial charge in [-0.05, 0) is 19.3 Å². The summed E-state index contributed by atoms with van der Waals surface area (Å²) < 4.78 is 5.11. The van der Waals surface area contributed by atoms with E-state index in [4.69, 9.17) is 10.5 Å². The van der Waals surface area contributed by atoms with E-state index in [9.17, 15) is 4.79 Å². The van der Waals surface area contributed by atoms with E-state index in [0.29, 0.717) is 5.92 Å². The van der Waals surface area contributed by atoms with Crippen molar-refractivity contribution in [2.45, 2.75) is 37.8 Å². The van der Waals surface area contributed by atoms with Crippen LogP contribution >= 0.6 is 0 Å². The topological polar surface area (TPSA) is 52.3 Å². The molecule has 0 radical (unpaired) electrons. The van der Waals surface area contributed by atoms with Crippen LogP contribution in [0.2, 0.25) is 0 Å². The zero-order chi connectivity index (χ0) is 7.84. The second-order valence-corrected chi connectivity index (χ2v) is 3.45. The van der Waals surface area contributed by atoms with Gasteiger partial charge in [0.05, 0.1) is 0 Å². The lowest BCUT2D eigenvalue weighted by Crippen LogP contribution is -2.35. The number of esters is 1. The molecule has 2 fully saturated rings. The standard InChI is InChI=1S/C8H13NO2/c9-7-5-3-1-2-4-6(5)11-8(7)10/h5-7H,1-4,9H2/t5-,6-,7-/m1/s1. The summed E-state index contributed by atoms with van der Waals surface area (Å²) >= 11 is 0. The average Bonchev–Trinajstić information content (AvgIpc) is 2.30. The lowest BCUT2D eigenvalue weighted by atomic mass is 9.84. The molecule has 2 N–H and O–H groups in total. The van der Waals surface area contributed by atoms with Crippen LogP contribution in [0.5, 0.6) is 0 Å². The first-order chi connectivity index (χ1) is 5.29. The zero-order valence-electron chi connectivity index (χ0n) is 6.45. The number of fused-ring (bicyclic) bond motifs is 1. The second-order valence-electron chi connectivity index (χ2n) is 3.45. The molecule has 1 heterocycles. The highest BCUT2D eigenvalue weighted by Crippen LogP contribution is 2.33. The van der Waals surface area contributed by atoms with E-state index in [1.807, 2.05) is 0 Å². The van der Waals surface area contributed by atoms with Crippen LogP contribution in [0.4, 0.5) is 0 Å². The number of nitrogens with two attached hydrogens (primary N) is 1. The van der Waals surface area contributed by atoms with E-state index in [0.717, 1.165) is 12.8 Å². The Morgan fingerprint density at radius 1 is 1.36 bits per heavy atom. The van der Waals surface area contributed by atoms with Crippen LogP contribution in [0.25, 0.3) is 0 Å². The summed E-state index contributed by atoms with van der Waals surface area (Å²) in [7, 11) is 0. The fourth-order valence-corrected chi connectivity index (χ4v) is 2.09. The Labute approximate surface area is 65.9 Å². The molecule has 62 valence electrons. The molecule has 3 nitrogen and oxygen atoms in total. The lowest BCUT2D eigenvalue weighted by molar-refractivity contribution is -0.142. The zero-order valence-corrected chi connectivity index (χ0v) is 6.45. The number of hydrogen-bond donors (Lipinski definition) is 1. The van der Waals surface area contributed by atoms with Gasteiger partial charge in [-0.25, -0.2) is 0 Å². The maximum atomic E-state index is 11.0. The molecule has 0 aromatic rings. The smallest absolute Gasteiger partial charge is 0.323 e. The third kappa shape index (κ3) is 1.03. The molecule has 0 aromatic carbocycles. The van der Waals surface area contributed by atoms with Crippen LogP contribution in [0.3, 0.4) is 0 Å². The van der Waals surface area contributed by atoms with Crippen LogP contribution < -0.4 is 5.73 Å². The summed E-state index contributed by atoms with van der Waals surface area (Å²) in [6.07, 6.45) is 4.61. The molecule has 0 spiro atoms. The molecule has 0 unspecified atom stereocenters. The van der Waals surface area contributed by atoms with Crippen molar-refractivity contribution in [3.63, 3.8) is 0 Å². The number of hydrogen-bond acceptors (Lipinski definition) is 3. The molecule has 0 amide bonds. The Morgan fingerprint density at radius 3 is 2.82 bits per heavy atom. The molecule has 2 aliphatic rings. The predicted molar refractivity (Wildman–Crippen MR) is 39.8 cm³/mol. The molecular weight excluding hydrogens is 142 g/mol. The molecule has 2 rings (SSSR count). The van der Waals surface area contributed by atoms with Gasteiger partial charge in [-0.1, -0.05) is 6.42 Å². The maximum Gasteiger partial charge on any atom is 0.323 e. The van der Waals surface area contributed by atoms with Crippen molar-refractivity contribution >= 4 is 5.97 Å². The van der Waals surface area contributed by atoms with Gasteiger partial charge in [0.2, 0.25) is 0 Å². The van der Waals surface area contributed by atoms with E-state index < -0.39 is 0 Å². The van der Waals surface area contributed by atoms with Crippen molar-refractivity contribution in [3.05, 3.63) is 0 Å². The van der Waals surface area contributed by atoms with Crippen molar-refractivity contribution in [2.75, 3.05) is 0 Å². The molecule has 11 heavy (non-hydrogen) atoms. The Bertz CT molecular complexity index is 181. The van der Waals surface area contributed by atoms with Crippen molar-refractivity contribution < 1.29 is 9.53 Å². The van der Waals surface area contributed by atoms with Gasteiger partial charge in [-0.15, -0.1) is 0 Å². The minimum Gasteiger partial charge on any atom is -0.461 e. The molecule has 1 saturated carbocycles. The van der Waals surface area contributed by atoms with Gasteiger partial charge in [-0.2, -0.15) is 0 Å². The number of ether oxygens (including phenoxy) is 1. The van der Waals surface area contributed by atoms with Crippen LogP contribution in [-0.4, -0.2) is 18.1 Å². The van der Waals surface area contributed by atoms with Crippen LogP contribution in [0.1, 0.15) is 25.7 Å². The largest absolute Gasteiger partial charge is 0.461 e.